The lowest BCUT2D eigenvalue weighted by molar-refractivity contribution is 0.112. The lowest BCUT2D eigenvalue weighted by Gasteiger charge is -1.88. The number of rotatable bonds is 2. The highest BCUT2D eigenvalue weighted by Crippen LogP contribution is 1.91. The number of aryl methyl sites for hydroxylation is 1. The number of carbonyl (C=O) groups excluding carboxylic acids is 1. The Morgan fingerprint density at radius 1 is 2.22 bits per heavy atom. The Hall–Kier alpha value is -1.12. The number of hydrogen-bond donors (Lipinski definition) is 0. The van der Waals surface area contributed by atoms with Crippen LogP contribution in [-0.4, -0.2) is 16.1 Å². The molecule has 3 heteroatoms. The molecule has 0 unspecified atom stereocenters. The van der Waals surface area contributed by atoms with Gasteiger partial charge in [0, 0.05) is 16.8 Å². The molecule has 0 amide bonds. The van der Waals surface area contributed by atoms with Crippen LogP contribution in [0.5, 0.6) is 0 Å². The van der Waals surface area contributed by atoms with Crippen molar-refractivity contribution in [3.05, 3.63) is 18.0 Å². The molecule has 9 heavy (non-hydrogen) atoms. The van der Waals surface area contributed by atoms with E-state index in [2.05, 4.69) is 5.10 Å². The van der Waals surface area contributed by atoms with Crippen LogP contribution >= 0.6 is 0 Å². The van der Waals surface area contributed by atoms with Crippen LogP contribution in [0, 0.1) is 0 Å². The first-order valence-electron chi connectivity index (χ1n) is 4.79. The summed E-state index contributed by atoms with van der Waals surface area (Å²) in [5, 5.41) is 3.48. The Kier molecular flexibility index (Phi) is 0.609. The van der Waals surface area contributed by atoms with Crippen LogP contribution in [0.15, 0.2) is 12.4 Å². The molecule has 0 aliphatic rings. The van der Waals surface area contributed by atoms with Crippen LogP contribution in [0.4, 0.5) is 0 Å². The van der Waals surface area contributed by atoms with Crippen molar-refractivity contribution in [2.24, 2.45) is 0 Å². The summed E-state index contributed by atoms with van der Waals surface area (Å²) in [5.74, 6) is 0. The molecular formula is C6H8N2O. The lowest BCUT2D eigenvalue weighted by Crippen LogP contribution is -1.92. The van der Waals surface area contributed by atoms with Gasteiger partial charge in [0.1, 0.15) is 0 Å². The summed E-state index contributed by atoms with van der Waals surface area (Å²) in [6, 6.07) is 0. The first-order valence-corrected chi connectivity index (χ1v) is 2.29. The first kappa shape index (κ1) is 2.25. The highest BCUT2D eigenvalue weighted by Gasteiger charge is 1.91. The Bertz CT molecular complexity index is 342. The maximum absolute atomic E-state index is 10.3. The SMILES string of the molecule is [2H]C([2H])([2H])C([2H])([2H])n1cc(C=O)cn1. The zero-order chi connectivity index (χ0) is 11.0. The molecule has 0 aliphatic carbocycles. The Morgan fingerprint density at radius 2 is 3.11 bits per heavy atom. The molecule has 3 nitrogen and oxygen atoms in total. The van der Waals surface area contributed by atoms with E-state index in [0.717, 1.165) is 12.4 Å². The summed E-state index contributed by atoms with van der Waals surface area (Å²) in [6.07, 6.45) is 2.63. The van der Waals surface area contributed by atoms with Gasteiger partial charge in [0.15, 0.2) is 6.29 Å². The molecule has 0 radical (unpaired) electrons. The van der Waals surface area contributed by atoms with Gasteiger partial charge in [-0.3, -0.25) is 9.48 Å². The van der Waals surface area contributed by atoms with E-state index in [4.69, 9.17) is 6.85 Å². The molecule has 0 saturated carbocycles. The second-order valence-corrected chi connectivity index (χ2v) is 1.45. The number of carbonyl (C=O) groups is 1. The van der Waals surface area contributed by atoms with Gasteiger partial charge in [-0.2, -0.15) is 5.10 Å². The van der Waals surface area contributed by atoms with E-state index in [1.54, 1.807) is 0 Å². The molecular weight excluding hydrogens is 116 g/mol. The summed E-state index contributed by atoms with van der Waals surface area (Å²) >= 11 is 0. The van der Waals surface area contributed by atoms with Crippen LogP contribution in [0.25, 0.3) is 0 Å². The van der Waals surface area contributed by atoms with Crippen molar-refractivity contribution in [3.63, 3.8) is 0 Å². The van der Waals surface area contributed by atoms with Crippen molar-refractivity contribution in [1.82, 2.24) is 9.78 Å². The second-order valence-electron chi connectivity index (χ2n) is 1.45. The lowest BCUT2D eigenvalue weighted by atomic mass is 10.4. The normalized spacial score (nSPS) is 20.7. The van der Waals surface area contributed by atoms with Gasteiger partial charge in [0.2, 0.25) is 0 Å². The predicted molar refractivity (Wildman–Crippen MR) is 33.3 cm³/mol. The largest absolute Gasteiger partial charge is 0.298 e. The van der Waals surface area contributed by atoms with E-state index in [1.807, 2.05) is 0 Å². The zero-order valence-electron chi connectivity index (χ0n) is 9.53. The van der Waals surface area contributed by atoms with E-state index >= 15 is 0 Å². The van der Waals surface area contributed by atoms with E-state index in [0.29, 0.717) is 11.0 Å². The van der Waals surface area contributed by atoms with E-state index in [1.165, 1.54) is 0 Å². The molecule has 1 aromatic heterocycles. The van der Waals surface area contributed by atoms with Crippen LogP contribution in [0.2, 0.25) is 0 Å². The summed E-state index contributed by atoms with van der Waals surface area (Å²) in [5.41, 5.74) is 0.137. The van der Waals surface area contributed by atoms with Crippen molar-refractivity contribution in [3.8, 4) is 0 Å². The maximum atomic E-state index is 10.3. The standard InChI is InChI=1S/C6H8N2O/c1-2-8-4-6(5-9)3-7-8/h3-5H,2H2,1H3/i1D3,2D2. The van der Waals surface area contributed by atoms with E-state index < -0.39 is 13.3 Å². The molecule has 0 aromatic carbocycles. The fourth-order valence-corrected chi connectivity index (χ4v) is 0.459. The molecule has 1 rings (SSSR count). The van der Waals surface area contributed by atoms with Crippen LogP contribution in [-0.2, 0) is 6.50 Å². The number of hydrogen-bond acceptors (Lipinski definition) is 2. The highest BCUT2D eigenvalue weighted by molar-refractivity contribution is 5.73. The van der Waals surface area contributed by atoms with E-state index in [9.17, 15) is 4.79 Å². The van der Waals surface area contributed by atoms with Crippen molar-refractivity contribution in [2.45, 2.75) is 13.3 Å². The van der Waals surface area contributed by atoms with Gasteiger partial charge in [0.05, 0.1) is 14.5 Å². The molecule has 1 heterocycles. The summed E-state index contributed by atoms with van der Waals surface area (Å²) < 4.78 is 36.1. The van der Waals surface area contributed by atoms with Gasteiger partial charge in [-0.05, 0) is 6.85 Å². The van der Waals surface area contributed by atoms with Gasteiger partial charge in [-0.15, -0.1) is 0 Å². The van der Waals surface area contributed by atoms with Crippen LogP contribution in [0.3, 0.4) is 0 Å². The molecule has 0 spiro atoms. The fraction of sp³-hybridized carbons (Fsp3) is 0.333. The maximum Gasteiger partial charge on any atom is 0.153 e. The predicted octanol–water partition coefficient (Wildman–Crippen LogP) is 0.716. The van der Waals surface area contributed by atoms with Gasteiger partial charge in [-0.1, -0.05) is 0 Å². The minimum atomic E-state index is -2.82. The average Bonchev–Trinajstić information content (AvgIpc) is 2.49. The van der Waals surface area contributed by atoms with Crippen molar-refractivity contribution in [2.75, 3.05) is 0 Å². The molecule has 0 N–H and O–H groups in total. The van der Waals surface area contributed by atoms with Gasteiger partial charge < -0.3 is 0 Å². The smallest absolute Gasteiger partial charge is 0.153 e. The Morgan fingerprint density at radius 3 is 3.67 bits per heavy atom. The zero-order valence-corrected chi connectivity index (χ0v) is 4.53. The molecule has 0 saturated heterocycles. The molecule has 48 valence electrons. The Labute approximate surface area is 60.3 Å². The quantitative estimate of drug-likeness (QED) is 0.551. The highest BCUT2D eigenvalue weighted by atomic mass is 16.1. The topological polar surface area (TPSA) is 34.9 Å². The molecule has 0 bridgehead atoms. The third kappa shape index (κ3) is 1.16. The van der Waals surface area contributed by atoms with Crippen molar-refractivity contribution in [1.29, 1.82) is 0 Å². The Balaban J connectivity index is 3.09. The molecule has 0 atom stereocenters. The number of aromatic nitrogens is 2. The molecule has 0 aliphatic heterocycles. The first-order chi connectivity index (χ1) is 6.29. The monoisotopic (exact) mass is 129 g/mol. The molecule has 0 fully saturated rings. The average molecular weight is 129 g/mol. The number of nitrogens with zero attached hydrogens (tertiary/aromatic N) is 2. The third-order valence-corrected chi connectivity index (χ3v) is 0.853. The summed E-state index contributed by atoms with van der Waals surface area (Å²) in [7, 11) is 0. The van der Waals surface area contributed by atoms with E-state index in [-0.39, 0.29) is 5.56 Å². The van der Waals surface area contributed by atoms with Crippen LogP contribution in [0.1, 0.15) is 24.1 Å². The van der Waals surface area contributed by atoms with Crippen LogP contribution < -0.4 is 0 Å². The minimum Gasteiger partial charge on any atom is -0.298 e. The molecule has 1 aromatic rings. The second kappa shape index (κ2) is 2.44. The summed E-state index contributed by atoms with van der Waals surface area (Å²) in [6.45, 7) is -5.42. The number of aldehydes is 1. The fourth-order valence-electron chi connectivity index (χ4n) is 0.459. The van der Waals surface area contributed by atoms with Crippen molar-refractivity contribution < 1.29 is 11.6 Å². The van der Waals surface area contributed by atoms with Gasteiger partial charge >= 0.3 is 0 Å². The van der Waals surface area contributed by atoms with Crippen molar-refractivity contribution >= 4 is 6.29 Å². The van der Waals surface area contributed by atoms with Gasteiger partial charge in [-0.25, -0.2) is 0 Å². The van der Waals surface area contributed by atoms with Gasteiger partial charge in [0.25, 0.3) is 0 Å². The summed E-state index contributed by atoms with van der Waals surface area (Å²) in [4.78, 5) is 10.3. The third-order valence-electron chi connectivity index (χ3n) is 0.853. The minimum absolute atomic E-state index is 0.137.